The summed E-state index contributed by atoms with van der Waals surface area (Å²) < 4.78 is 0. The molecule has 0 spiro atoms. The summed E-state index contributed by atoms with van der Waals surface area (Å²) in [5, 5.41) is 4.34. The fourth-order valence-electron chi connectivity index (χ4n) is 2.55. The molecule has 0 radical (unpaired) electrons. The molecule has 3 nitrogen and oxygen atoms in total. The standard InChI is InChI=1S/C13H14N2O/c1-14-11-5-9-7-15-10-4-2-3-8(13(9)10)6-12(11)16/h2-4,7,11,14-15H,5-6H2,1H3. The van der Waals surface area contributed by atoms with Crippen LogP contribution in [-0.2, 0) is 17.6 Å². The normalized spacial score (nSPS) is 20.1. The Bertz CT molecular complexity index is 556. The van der Waals surface area contributed by atoms with E-state index in [1.807, 2.05) is 19.3 Å². The molecule has 1 heterocycles. The fraction of sp³-hybridized carbons (Fsp3) is 0.308. The first-order valence-electron chi connectivity index (χ1n) is 5.57. The summed E-state index contributed by atoms with van der Waals surface area (Å²) in [5.41, 5.74) is 3.53. The summed E-state index contributed by atoms with van der Waals surface area (Å²) in [5.74, 6) is 0.284. The van der Waals surface area contributed by atoms with E-state index in [9.17, 15) is 4.79 Å². The first kappa shape index (κ1) is 9.60. The molecule has 2 aromatic rings. The minimum Gasteiger partial charge on any atom is -0.361 e. The van der Waals surface area contributed by atoms with E-state index in [-0.39, 0.29) is 11.8 Å². The second kappa shape index (κ2) is 3.46. The predicted molar refractivity (Wildman–Crippen MR) is 63.6 cm³/mol. The van der Waals surface area contributed by atoms with Crippen molar-refractivity contribution in [2.24, 2.45) is 0 Å². The molecule has 0 aliphatic heterocycles. The largest absolute Gasteiger partial charge is 0.361 e. The van der Waals surface area contributed by atoms with Gasteiger partial charge in [-0.3, -0.25) is 4.79 Å². The molecular weight excluding hydrogens is 200 g/mol. The molecule has 3 heteroatoms. The average Bonchev–Trinajstić information content (AvgIpc) is 2.63. The molecule has 1 atom stereocenters. The topological polar surface area (TPSA) is 44.9 Å². The zero-order valence-electron chi connectivity index (χ0n) is 9.21. The summed E-state index contributed by atoms with van der Waals surface area (Å²) in [4.78, 5) is 15.2. The summed E-state index contributed by atoms with van der Waals surface area (Å²) in [6, 6.07) is 6.07. The quantitative estimate of drug-likeness (QED) is 0.754. The van der Waals surface area contributed by atoms with Crippen LogP contribution < -0.4 is 5.32 Å². The van der Waals surface area contributed by atoms with Gasteiger partial charge in [0.15, 0.2) is 5.78 Å². The van der Waals surface area contributed by atoms with Gasteiger partial charge in [-0.1, -0.05) is 12.1 Å². The van der Waals surface area contributed by atoms with Gasteiger partial charge in [0.25, 0.3) is 0 Å². The number of carbonyl (C=O) groups excluding carboxylic acids is 1. The van der Waals surface area contributed by atoms with Gasteiger partial charge < -0.3 is 10.3 Å². The highest BCUT2D eigenvalue weighted by molar-refractivity contribution is 5.96. The molecule has 16 heavy (non-hydrogen) atoms. The second-order valence-electron chi connectivity index (χ2n) is 4.34. The van der Waals surface area contributed by atoms with Crippen molar-refractivity contribution >= 4 is 16.7 Å². The number of nitrogens with one attached hydrogen (secondary N) is 2. The highest BCUT2D eigenvalue weighted by Gasteiger charge is 2.24. The molecule has 2 N–H and O–H groups in total. The number of Topliss-reactive ketones (excluding diaryl/α,β-unsaturated/α-hetero) is 1. The maximum atomic E-state index is 12.0. The molecule has 1 aromatic heterocycles. The second-order valence-corrected chi connectivity index (χ2v) is 4.34. The van der Waals surface area contributed by atoms with Gasteiger partial charge in [0.1, 0.15) is 0 Å². The molecular formula is C13H14N2O. The molecule has 1 aliphatic rings. The third-order valence-electron chi connectivity index (χ3n) is 3.40. The van der Waals surface area contributed by atoms with Crippen molar-refractivity contribution in [3.63, 3.8) is 0 Å². The van der Waals surface area contributed by atoms with E-state index in [1.165, 1.54) is 10.9 Å². The van der Waals surface area contributed by atoms with Gasteiger partial charge in [-0.15, -0.1) is 0 Å². The van der Waals surface area contributed by atoms with Crippen LogP contribution in [0.4, 0.5) is 0 Å². The maximum absolute atomic E-state index is 12.0. The Balaban J connectivity index is 2.22. The van der Waals surface area contributed by atoms with Gasteiger partial charge in [-0.05, 0) is 30.7 Å². The highest BCUT2D eigenvalue weighted by atomic mass is 16.1. The van der Waals surface area contributed by atoms with E-state index < -0.39 is 0 Å². The Morgan fingerprint density at radius 1 is 1.38 bits per heavy atom. The van der Waals surface area contributed by atoms with E-state index in [2.05, 4.69) is 22.4 Å². The lowest BCUT2D eigenvalue weighted by Gasteiger charge is -2.10. The van der Waals surface area contributed by atoms with Crippen molar-refractivity contribution in [1.82, 2.24) is 10.3 Å². The lowest BCUT2D eigenvalue weighted by atomic mass is 10.0. The van der Waals surface area contributed by atoms with Crippen molar-refractivity contribution in [3.05, 3.63) is 35.5 Å². The molecule has 0 saturated carbocycles. The molecule has 0 amide bonds. The number of hydrogen-bond donors (Lipinski definition) is 2. The number of H-pyrrole nitrogens is 1. The Labute approximate surface area is 93.9 Å². The number of rotatable bonds is 1. The summed E-state index contributed by atoms with van der Waals surface area (Å²) >= 11 is 0. The SMILES string of the molecule is CNC1Cc2c[nH]c3cccc(c23)CC1=O. The molecule has 82 valence electrons. The van der Waals surface area contributed by atoms with Crippen LogP contribution in [0.25, 0.3) is 10.9 Å². The van der Waals surface area contributed by atoms with E-state index >= 15 is 0 Å². The number of benzene rings is 1. The number of likely N-dealkylation sites (N-methyl/N-ethyl adjacent to an activating group) is 1. The minimum absolute atomic E-state index is 0.0496. The lowest BCUT2D eigenvalue weighted by molar-refractivity contribution is -0.120. The molecule has 0 fully saturated rings. The highest BCUT2D eigenvalue weighted by Crippen LogP contribution is 2.27. The van der Waals surface area contributed by atoms with Crippen molar-refractivity contribution in [1.29, 1.82) is 0 Å². The van der Waals surface area contributed by atoms with Gasteiger partial charge >= 0.3 is 0 Å². The van der Waals surface area contributed by atoms with E-state index in [4.69, 9.17) is 0 Å². The minimum atomic E-state index is -0.0496. The van der Waals surface area contributed by atoms with Gasteiger partial charge in [0.2, 0.25) is 0 Å². The summed E-state index contributed by atoms with van der Waals surface area (Å²) in [6.45, 7) is 0. The van der Waals surface area contributed by atoms with Crippen LogP contribution in [0.2, 0.25) is 0 Å². The summed E-state index contributed by atoms with van der Waals surface area (Å²) in [6.07, 6.45) is 3.34. The van der Waals surface area contributed by atoms with Crippen LogP contribution in [-0.4, -0.2) is 23.9 Å². The number of hydrogen-bond acceptors (Lipinski definition) is 2. The van der Waals surface area contributed by atoms with Crippen LogP contribution in [0.3, 0.4) is 0 Å². The van der Waals surface area contributed by atoms with Crippen molar-refractivity contribution in [3.8, 4) is 0 Å². The molecule has 0 bridgehead atoms. The number of carbonyl (C=O) groups is 1. The number of aromatic amines is 1. The first-order chi connectivity index (χ1) is 7.79. The van der Waals surface area contributed by atoms with Gasteiger partial charge in [0, 0.05) is 23.5 Å². The first-order valence-corrected chi connectivity index (χ1v) is 5.57. The average molecular weight is 214 g/mol. The maximum Gasteiger partial charge on any atom is 0.154 e. The van der Waals surface area contributed by atoms with Gasteiger partial charge in [0.05, 0.1) is 6.04 Å². The van der Waals surface area contributed by atoms with Gasteiger partial charge in [-0.25, -0.2) is 0 Å². The third kappa shape index (κ3) is 1.28. The molecule has 0 saturated heterocycles. The van der Waals surface area contributed by atoms with Gasteiger partial charge in [-0.2, -0.15) is 0 Å². The van der Waals surface area contributed by atoms with Crippen LogP contribution in [0.15, 0.2) is 24.4 Å². The Hall–Kier alpha value is -1.61. The van der Waals surface area contributed by atoms with Crippen molar-refractivity contribution in [2.45, 2.75) is 18.9 Å². The Morgan fingerprint density at radius 2 is 2.25 bits per heavy atom. The monoisotopic (exact) mass is 214 g/mol. The predicted octanol–water partition coefficient (Wildman–Crippen LogP) is 1.42. The Morgan fingerprint density at radius 3 is 3.06 bits per heavy atom. The molecule has 1 unspecified atom stereocenters. The van der Waals surface area contributed by atoms with E-state index in [1.54, 1.807) is 0 Å². The third-order valence-corrected chi connectivity index (χ3v) is 3.40. The Kier molecular flexibility index (Phi) is 2.07. The molecule has 1 aromatic carbocycles. The smallest absolute Gasteiger partial charge is 0.154 e. The van der Waals surface area contributed by atoms with Crippen LogP contribution in [0.1, 0.15) is 11.1 Å². The van der Waals surface area contributed by atoms with Crippen LogP contribution in [0, 0.1) is 0 Å². The molecule has 1 aliphatic carbocycles. The van der Waals surface area contributed by atoms with Crippen LogP contribution >= 0.6 is 0 Å². The number of ketones is 1. The van der Waals surface area contributed by atoms with Crippen molar-refractivity contribution in [2.75, 3.05) is 7.05 Å². The van der Waals surface area contributed by atoms with E-state index in [0.717, 1.165) is 17.5 Å². The lowest BCUT2D eigenvalue weighted by Crippen LogP contribution is -2.36. The van der Waals surface area contributed by atoms with Crippen LogP contribution in [0.5, 0.6) is 0 Å². The fourth-order valence-corrected chi connectivity index (χ4v) is 2.55. The van der Waals surface area contributed by atoms with E-state index in [0.29, 0.717) is 6.42 Å². The van der Waals surface area contributed by atoms with Crippen molar-refractivity contribution < 1.29 is 4.79 Å². The number of aromatic nitrogens is 1. The zero-order chi connectivity index (χ0) is 11.1. The molecule has 3 rings (SSSR count). The zero-order valence-corrected chi connectivity index (χ0v) is 9.21. The summed E-state index contributed by atoms with van der Waals surface area (Å²) in [7, 11) is 1.85.